The fourth-order valence-corrected chi connectivity index (χ4v) is 5.01. The highest BCUT2D eigenvalue weighted by Crippen LogP contribution is 2.25. The Morgan fingerprint density at radius 1 is 1.17 bits per heavy atom. The number of aliphatic hydroxyl groups is 1. The Morgan fingerprint density at radius 3 is 2.59 bits per heavy atom. The van der Waals surface area contributed by atoms with Gasteiger partial charge in [-0.3, -0.25) is 9.52 Å². The molecule has 1 atom stereocenters. The van der Waals surface area contributed by atoms with Crippen LogP contribution in [0.25, 0.3) is 0 Å². The van der Waals surface area contributed by atoms with Gasteiger partial charge in [0, 0.05) is 12.2 Å². The number of aliphatic hydroxyl groups excluding tert-OH is 1. The van der Waals surface area contributed by atoms with Crippen molar-refractivity contribution in [2.24, 2.45) is 0 Å². The van der Waals surface area contributed by atoms with E-state index in [2.05, 4.69) is 10.0 Å². The predicted molar refractivity (Wildman–Crippen MR) is 110 cm³/mol. The quantitative estimate of drug-likeness (QED) is 0.531. The van der Waals surface area contributed by atoms with Crippen LogP contribution in [-0.2, 0) is 10.0 Å². The summed E-state index contributed by atoms with van der Waals surface area (Å²) in [5.74, 6) is -1.14. The minimum absolute atomic E-state index is 0.00365. The summed E-state index contributed by atoms with van der Waals surface area (Å²) >= 11 is 0.975. The van der Waals surface area contributed by atoms with Gasteiger partial charge in [0.15, 0.2) is 0 Å². The summed E-state index contributed by atoms with van der Waals surface area (Å²) in [5.41, 5.74) is 1.68. The molecule has 0 saturated heterocycles. The van der Waals surface area contributed by atoms with Gasteiger partial charge in [-0.2, -0.15) is 0 Å². The molecule has 9 heteroatoms. The van der Waals surface area contributed by atoms with Gasteiger partial charge in [-0.1, -0.05) is 29.8 Å². The topological polar surface area (TPSA) is 95.5 Å². The van der Waals surface area contributed by atoms with E-state index in [1.165, 1.54) is 35.7 Å². The summed E-state index contributed by atoms with van der Waals surface area (Å²) in [6, 6.07) is 13.6. The molecule has 0 aliphatic rings. The maximum Gasteiger partial charge on any atom is 0.263 e. The van der Waals surface area contributed by atoms with Crippen LogP contribution in [0.1, 0.15) is 26.9 Å². The molecule has 1 aromatic heterocycles. The fourth-order valence-electron chi connectivity index (χ4n) is 2.61. The van der Waals surface area contributed by atoms with E-state index < -0.39 is 27.9 Å². The second kappa shape index (κ2) is 8.73. The number of rotatable bonds is 7. The molecular weight excluding hydrogens is 415 g/mol. The van der Waals surface area contributed by atoms with Gasteiger partial charge >= 0.3 is 0 Å². The number of carbonyl (C=O) groups is 1. The molecule has 6 nitrogen and oxygen atoms in total. The van der Waals surface area contributed by atoms with Crippen LogP contribution in [0.2, 0.25) is 0 Å². The van der Waals surface area contributed by atoms with E-state index in [1.54, 1.807) is 24.3 Å². The second-order valence-corrected chi connectivity index (χ2v) is 8.93. The Hall–Kier alpha value is -2.75. The molecule has 29 heavy (non-hydrogen) atoms. The maximum absolute atomic E-state index is 13.3. The maximum atomic E-state index is 13.3. The smallest absolute Gasteiger partial charge is 0.263 e. The van der Waals surface area contributed by atoms with E-state index in [4.69, 9.17) is 0 Å². The molecule has 1 heterocycles. The number of anilines is 1. The number of aryl methyl sites for hydroxylation is 1. The largest absolute Gasteiger partial charge is 0.387 e. The molecule has 0 aliphatic heterocycles. The van der Waals surface area contributed by atoms with Crippen molar-refractivity contribution in [3.8, 4) is 0 Å². The van der Waals surface area contributed by atoms with Crippen LogP contribution in [-0.4, -0.2) is 26.0 Å². The van der Waals surface area contributed by atoms with E-state index >= 15 is 0 Å². The first-order chi connectivity index (χ1) is 13.8. The van der Waals surface area contributed by atoms with Crippen LogP contribution >= 0.6 is 11.3 Å². The highest BCUT2D eigenvalue weighted by molar-refractivity contribution is 7.93. The lowest BCUT2D eigenvalue weighted by atomic mass is 10.1. The molecule has 0 spiro atoms. The van der Waals surface area contributed by atoms with Crippen LogP contribution in [0.3, 0.4) is 0 Å². The highest BCUT2D eigenvalue weighted by atomic mass is 32.2. The number of sulfonamides is 1. The third kappa shape index (κ3) is 5.20. The average molecular weight is 435 g/mol. The van der Waals surface area contributed by atoms with Crippen LogP contribution in [0.5, 0.6) is 0 Å². The zero-order chi connectivity index (χ0) is 21.0. The number of amides is 1. The van der Waals surface area contributed by atoms with Crippen molar-refractivity contribution in [3.63, 3.8) is 0 Å². The minimum atomic E-state index is -3.97. The van der Waals surface area contributed by atoms with Crippen molar-refractivity contribution >= 4 is 33.0 Å². The Labute approximate surface area is 172 Å². The zero-order valence-corrected chi connectivity index (χ0v) is 17.1. The number of hydrogen-bond donors (Lipinski definition) is 3. The van der Waals surface area contributed by atoms with E-state index in [0.717, 1.165) is 16.9 Å². The lowest BCUT2D eigenvalue weighted by molar-refractivity contribution is 0.0917. The summed E-state index contributed by atoms with van der Waals surface area (Å²) in [7, 11) is -3.97. The lowest BCUT2D eigenvalue weighted by Crippen LogP contribution is -2.29. The Morgan fingerprint density at radius 2 is 1.90 bits per heavy atom. The minimum Gasteiger partial charge on any atom is -0.387 e. The summed E-state index contributed by atoms with van der Waals surface area (Å²) in [6.07, 6.45) is -1.12. The molecule has 3 rings (SSSR count). The number of nitrogens with one attached hydrogen (secondary N) is 2. The van der Waals surface area contributed by atoms with E-state index in [-0.39, 0.29) is 16.3 Å². The Balaban J connectivity index is 1.71. The van der Waals surface area contributed by atoms with E-state index in [0.29, 0.717) is 11.3 Å². The molecule has 2 aromatic carbocycles. The first-order valence-electron chi connectivity index (χ1n) is 8.65. The highest BCUT2D eigenvalue weighted by Gasteiger charge is 2.24. The Kier molecular flexibility index (Phi) is 6.31. The molecule has 0 aliphatic carbocycles. The number of hydrogen-bond acceptors (Lipinski definition) is 5. The van der Waals surface area contributed by atoms with Gasteiger partial charge in [0.2, 0.25) is 0 Å². The van der Waals surface area contributed by atoms with Crippen LogP contribution in [0.15, 0.2) is 64.9 Å². The normalized spacial score (nSPS) is 12.4. The van der Waals surface area contributed by atoms with E-state index in [1.807, 2.05) is 6.92 Å². The molecule has 152 valence electrons. The molecule has 0 radical (unpaired) electrons. The number of halogens is 1. The summed E-state index contributed by atoms with van der Waals surface area (Å²) in [4.78, 5) is 12.3. The predicted octanol–water partition coefficient (Wildman–Crippen LogP) is 3.46. The van der Waals surface area contributed by atoms with Gasteiger partial charge in [0.05, 0.1) is 6.10 Å². The number of thiophene rings is 1. The summed E-state index contributed by atoms with van der Waals surface area (Å²) < 4.78 is 41.1. The van der Waals surface area contributed by atoms with Crippen LogP contribution < -0.4 is 10.0 Å². The van der Waals surface area contributed by atoms with Crippen LogP contribution in [0, 0.1) is 12.7 Å². The number of carbonyl (C=O) groups excluding carboxylic acids is 1. The standard InChI is InChI=1S/C20H19FN2O4S2/c1-13-5-7-16(8-6-13)23-29(26,27)18-9-10-28-19(18)20(25)22-12-17(24)14-3-2-4-15(21)11-14/h2-11,17,23-24H,12H2,1H3,(H,22,25). The molecule has 3 N–H and O–H groups in total. The van der Waals surface area contributed by atoms with Gasteiger partial charge in [-0.25, -0.2) is 12.8 Å². The van der Waals surface area contributed by atoms with Gasteiger partial charge in [0.1, 0.15) is 15.6 Å². The van der Waals surface area contributed by atoms with Crippen molar-refractivity contribution < 1.29 is 22.7 Å². The third-order valence-electron chi connectivity index (χ3n) is 4.12. The molecule has 1 unspecified atom stereocenters. The summed E-state index contributed by atoms with van der Waals surface area (Å²) in [5, 5.41) is 14.1. The fraction of sp³-hybridized carbons (Fsp3) is 0.150. The zero-order valence-electron chi connectivity index (χ0n) is 15.4. The van der Waals surface area contributed by atoms with Gasteiger partial charge < -0.3 is 10.4 Å². The average Bonchev–Trinajstić information content (AvgIpc) is 3.18. The molecule has 0 saturated carbocycles. The van der Waals surface area contributed by atoms with Crippen molar-refractivity contribution in [1.29, 1.82) is 0 Å². The first-order valence-corrected chi connectivity index (χ1v) is 11.0. The van der Waals surface area contributed by atoms with Crippen LogP contribution in [0.4, 0.5) is 10.1 Å². The second-order valence-electron chi connectivity index (χ2n) is 6.37. The SMILES string of the molecule is Cc1ccc(NS(=O)(=O)c2ccsc2C(=O)NCC(O)c2cccc(F)c2)cc1. The van der Waals surface area contributed by atoms with Gasteiger partial charge in [-0.05, 0) is 48.2 Å². The van der Waals surface area contributed by atoms with Gasteiger partial charge in [-0.15, -0.1) is 11.3 Å². The molecule has 3 aromatic rings. The number of benzene rings is 2. The van der Waals surface area contributed by atoms with Crippen molar-refractivity contribution in [2.45, 2.75) is 17.9 Å². The third-order valence-corrected chi connectivity index (χ3v) is 6.58. The van der Waals surface area contributed by atoms with Gasteiger partial charge in [0.25, 0.3) is 15.9 Å². The first kappa shape index (κ1) is 21.0. The molecule has 0 fully saturated rings. The van der Waals surface area contributed by atoms with E-state index in [9.17, 15) is 22.7 Å². The monoisotopic (exact) mass is 434 g/mol. The lowest BCUT2D eigenvalue weighted by Gasteiger charge is -2.13. The molecular formula is C20H19FN2O4S2. The molecule has 0 bridgehead atoms. The summed E-state index contributed by atoms with van der Waals surface area (Å²) in [6.45, 7) is 1.70. The van der Waals surface area contributed by atoms with Crippen molar-refractivity contribution in [1.82, 2.24) is 5.32 Å². The molecule has 1 amide bonds. The Bertz CT molecular complexity index is 1110. The van der Waals surface area contributed by atoms with Crippen molar-refractivity contribution in [3.05, 3.63) is 81.8 Å². The van der Waals surface area contributed by atoms with Crippen molar-refractivity contribution in [2.75, 3.05) is 11.3 Å².